The van der Waals surface area contributed by atoms with Gasteiger partial charge in [0.15, 0.2) is 0 Å². The third-order valence-electron chi connectivity index (χ3n) is 2.92. The monoisotopic (exact) mass is 364 g/mol. The second-order valence-electron chi connectivity index (χ2n) is 4.42. The molecule has 1 aliphatic heterocycles. The third-order valence-corrected chi connectivity index (χ3v) is 5.38. The van der Waals surface area contributed by atoms with E-state index in [4.69, 9.17) is 0 Å². The largest absolute Gasteiger partial charge is 0.281 e. The van der Waals surface area contributed by atoms with E-state index in [0.29, 0.717) is 16.0 Å². The molecule has 0 saturated carbocycles. The lowest BCUT2D eigenvalue weighted by Crippen LogP contribution is -2.06. The zero-order chi connectivity index (χ0) is 14.3. The fraction of sp³-hybridized carbons (Fsp3) is 0.0667. The van der Waals surface area contributed by atoms with Crippen LogP contribution < -0.4 is 0 Å². The van der Waals surface area contributed by atoms with Gasteiger partial charge in [-0.1, -0.05) is 27.6 Å². The summed E-state index contributed by atoms with van der Waals surface area (Å²) in [5, 5.41) is -0.0568. The predicted molar refractivity (Wildman–Crippen MR) is 85.7 cm³/mol. The molecule has 2 aromatic carbocycles. The maximum atomic E-state index is 12.4. The SMILES string of the molecule is Cc1ccc2c(c1)C(=O)Sc1ccc(Br)cc1C(=O)S2. The molecule has 0 unspecified atom stereocenters. The van der Waals surface area contributed by atoms with Crippen molar-refractivity contribution < 1.29 is 9.59 Å². The fourth-order valence-corrected chi connectivity index (χ4v) is 4.20. The van der Waals surface area contributed by atoms with Crippen LogP contribution in [-0.4, -0.2) is 10.2 Å². The van der Waals surface area contributed by atoms with Gasteiger partial charge < -0.3 is 0 Å². The molecule has 0 saturated heterocycles. The van der Waals surface area contributed by atoms with Crippen molar-refractivity contribution in [1.29, 1.82) is 0 Å². The molecule has 0 spiro atoms. The van der Waals surface area contributed by atoms with Crippen molar-refractivity contribution in [1.82, 2.24) is 0 Å². The Bertz CT molecular complexity index is 677. The number of aryl methyl sites for hydroxylation is 1. The summed E-state index contributed by atoms with van der Waals surface area (Å²) in [4.78, 5) is 26.2. The fourth-order valence-electron chi connectivity index (χ4n) is 1.95. The van der Waals surface area contributed by atoms with Crippen LogP contribution in [-0.2, 0) is 0 Å². The first kappa shape index (κ1) is 13.9. The number of carbonyl (C=O) groups excluding carboxylic acids is 2. The molecule has 0 bridgehead atoms. The summed E-state index contributed by atoms with van der Waals surface area (Å²) >= 11 is 5.60. The first-order valence-electron chi connectivity index (χ1n) is 5.89. The number of carbonyl (C=O) groups is 2. The van der Waals surface area contributed by atoms with E-state index in [2.05, 4.69) is 15.9 Å². The van der Waals surface area contributed by atoms with Crippen LogP contribution in [0.15, 0.2) is 50.7 Å². The topological polar surface area (TPSA) is 34.1 Å². The molecule has 0 aliphatic carbocycles. The minimum absolute atomic E-state index is 0.0210. The van der Waals surface area contributed by atoms with E-state index >= 15 is 0 Å². The first-order chi connectivity index (χ1) is 9.54. The Kier molecular flexibility index (Phi) is 3.75. The Morgan fingerprint density at radius 1 is 0.850 bits per heavy atom. The Balaban J connectivity index is 2.15. The van der Waals surface area contributed by atoms with E-state index in [1.807, 2.05) is 31.2 Å². The van der Waals surface area contributed by atoms with Crippen LogP contribution in [0.1, 0.15) is 26.3 Å². The van der Waals surface area contributed by atoms with E-state index in [-0.39, 0.29) is 10.2 Å². The van der Waals surface area contributed by atoms with Crippen LogP contribution in [0.25, 0.3) is 0 Å². The van der Waals surface area contributed by atoms with Crippen molar-refractivity contribution >= 4 is 49.7 Å². The molecule has 2 nitrogen and oxygen atoms in total. The van der Waals surface area contributed by atoms with Crippen molar-refractivity contribution in [3.63, 3.8) is 0 Å². The first-order valence-corrected chi connectivity index (χ1v) is 8.32. The van der Waals surface area contributed by atoms with Crippen LogP contribution in [0.5, 0.6) is 0 Å². The molecule has 3 rings (SSSR count). The molecule has 0 aromatic heterocycles. The lowest BCUT2D eigenvalue weighted by molar-refractivity contribution is 0.108. The van der Waals surface area contributed by atoms with Crippen LogP contribution in [0.4, 0.5) is 0 Å². The van der Waals surface area contributed by atoms with Crippen molar-refractivity contribution in [3.8, 4) is 0 Å². The summed E-state index contributed by atoms with van der Waals surface area (Å²) in [6, 6.07) is 11.0. The van der Waals surface area contributed by atoms with Gasteiger partial charge in [0.1, 0.15) is 0 Å². The number of rotatable bonds is 0. The second kappa shape index (κ2) is 5.39. The molecular weight excluding hydrogens is 356 g/mol. The third kappa shape index (κ3) is 2.57. The normalized spacial score (nSPS) is 14.3. The van der Waals surface area contributed by atoms with Crippen molar-refractivity contribution in [2.75, 3.05) is 0 Å². The number of benzene rings is 2. The molecule has 2 aromatic rings. The number of halogens is 1. The van der Waals surface area contributed by atoms with E-state index in [1.165, 1.54) is 0 Å². The van der Waals surface area contributed by atoms with Gasteiger partial charge in [-0.05, 0) is 60.8 Å². The van der Waals surface area contributed by atoms with Crippen LogP contribution in [0, 0.1) is 6.92 Å². The molecule has 0 radical (unpaired) electrons. The Labute approximate surface area is 133 Å². The lowest BCUT2D eigenvalue weighted by Gasteiger charge is -2.14. The maximum absolute atomic E-state index is 12.4. The highest BCUT2D eigenvalue weighted by atomic mass is 79.9. The van der Waals surface area contributed by atoms with E-state index < -0.39 is 0 Å². The number of hydrogen-bond acceptors (Lipinski definition) is 4. The number of thioether (sulfide) groups is 2. The Morgan fingerprint density at radius 2 is 1.40 bits per heavy atom. The Morgan fingerprint density at radius 3 is 2.05 bits per heavy atom. The van der Waals surface area contributed by atoms with Crippen molar-refractivity contribution in [3.05, 3.63) is 57.6 Å². The van der Waals surface area contributed by atoms with Gasteiger partial charge in [0, 0.05) is 25.4 Å². The quantitative estimate of drug-likeness (QED) is 0.663. The molecule has 0 fully saturated rings. The summed E-state index contributed by atoms with van der Waals surface area (Å²) in [5.74, 6) is 0. The van der Waals surface area contributed by atoms with Gasteiger partial charge in [-0.15, -0.1) is 0 Å². The molecular formula is C15H9BrO2S2. The summed E-state index contributed by atoms with van der Waals surface area (Å²) in [7, 11) is 0. The standard InChI is InChI=1S/C15H9BrO2S2/c1-8-2-4-12-10(6-8)14(17)20-13-5-3-9(16)7-11(13)15(18)19-12/h2-7H,1H3. The van der Waals surface area contributed by atoms with E-state index in [9.17, 15) is 9.59 Å². The molecule has 5 heteroatoms. The highest BCUT2D eigenvalue weighted by Crippen LogP contribution is 2.38. The summed E-state index contributed by atoms with van der Waals surface area (Å²) < 4.78 is 0.836. The molecule has 1 aliphatic rings. The van der Waals surface area contributed by atoms with Gasteiger partial charge in [0.05, 0.1) is 0 Å². The van der Waals surface area contributed by atoms with Crippen LogP contribution in [0.2, 0.25) is 0 Å². The summed E-state index contributed by atoms with van der Waals surface area (Å²) in [5.41, 5.74) is 2.21. The average Bonchev–Trinajstić information content (AvgIpc) is 2.41. The van der Waals surface area contributed by atoms with Gasteiger partial charge in [0.25, 0.3) is 0 Å². The minimum atomic E-state index is -0.0357. The molecule has 0 atom stereocenters. The zero-order valence-corrected chi connectivity index (χ0v) is 13.7. The highest BCUT2D eigenvalue weighted by Gasteiger charge is 2.24. The molecule has 20 heavy (non-hydrogen) atoms. The van der Waals surface area contributed by atoms with Gasteiger partial charge >= 0.3 is 0 Å². The van der Waals surface area contributed by atoms with E-state index in [0.717, 1.165) is 38.5 Å². The highest BCUT2D eigenvalue weighted by molar-refractivity contribution is 9.10. The summed E-state index contributed by atoms with van der Waals surface area (Å²) in [6.07, 6.45) is 0. The predicted octanol–water partition coefficient (Wildman–Crippen LogP) is 4.94. The average molecular weight is 365 g/mol. The van der Waals surface area contributed by atoms with Crippen molar-refractivity contribution in [2.45, 2.75) is 16.7 Å². The smallest absolute Gasteiger partial charge is 0.225 e. The molecule has 1 heterocycles. The van der Waals surface area contributed by atoms with Gasteiger partial charge in [-0.3, -0.25) is 9.59 Å². The zero-order valence-electron chi connectivity index (χ0n) is 10.5. The van der Waals surface area contributed by atoms with E-state index in [1.54, 1.807) is 12.1 Å². The maximum Gasteiger partial charge on any atom is 0.225 e. The second-order valence-corrected chi connectivity index (χ2v) is 7.36. The van der Waals surface area contributed by atoms with Crippen molar-refractivity contribution in [2.24, 2.45) is 0 Å². The van der Waals surface area contributed by atoms with Crippen LogP contribution in [0.3, 0.4) is 0 Å². The molecule has 0 N–H and O–H groups in total. The van der Waals surface area contributed by atoms with Gasteiger partial charge in [0.2, 0.25) is 10.2 Å². The molecule has 100 valence electrons. The van der Waals surface area contributed by atoms with Gasteiger partial charge in [-0.25, -0.2) is 0 Å². The minimum Gasteiger partial charge on any atom is -0.281 e. The van der Waals surface area contributed by atoms with Gasteiger partial charge in [-0.2, -0.15) is 0 Å². The lowest BCUT2D eigenvalue weighted by atomic mass is 10.1. The number of hydrogen-bond donors (Lipinski definition) is 0. The van der Waals surface area contributed by atoms with Crippen LogP contribution >= 0.6 is 39.5 Å². The Hall–Kier alpha value is -1.04. The summed E-state index contributed by atoms with van der Waals surface area (Å²) in [6.45, 7) is 1.94. The number of fused-ring (bicyclic) bond motifs is 2. The molecule has 0 amide bonds.